The molecule has 4 aromatic rings. The highest BCUT2D eigenvalue weighted by Crippen LogP contribution is 2.34. The van der Waals surface area contributed by atoms with Crippen LogP contribution in [0.15, 0.2) is 41.6 Å². The highest BCUT2D eigenvalue weighted by Gasteiger charge is 2.35. The Kier molecular flexibility index (Phi) is 4.06. The topological polar surface area (TPSA) is 88.5 Å². The van der Waals surface area contributed by atoms with Gasteiger partial charge in [0.05, 0.1) is 29.4 Å². The fourth-order valence-corrected chi connectivity index (χ4v) is 4.96. The number of hydrogen-bond acceptors (Lipinski definition) is 6. The average molecular weight is 420 g/mol. The molecule has 0 spiro atoms. The van der Waals surface area contributed by atoms with Crippen molar-refractivity contribution >= 4 is 16.6 Å². The van der Waals surface area contributed by atoms with Crippen molar-refractivity contribution in [2.24, 2.45) is 0 Å². The summed E-state index contributed by atoms with van der Waals surface area (Å²) in [4.78, 5) is 18.4. The number of imidazole rings is 1. The molecule has 0 amide bonds. The van der Waals surface area contributed by atoms with Crippen LogP contribution >= 0.6 is 0 Å². The quantitative estimate of drug-likeness (QED) is 0.506. The molecule has 0 radical (unpaired) electrons. The average Bonchev–Trinajstić information content (AvgIpc) is 3.55. The molecular weight excluding hydrogens is 396 g/mol. The third kappa shape index (κ3) is 2.69. The van der Waals surface area contributed by atoms with Gasteiger partial charge in [-0.25, -0.2) is 4.98 Å². The number of hydrogen-bond donors (Lipinski definition) is 0. The summed E-state index contributed by atoms with van der Waals surface area (Å²) in [6.07, 6.45) is 6.17. The van der Waals surface area contributed by atoms with E-state index in [4.69, 9.17) is 9.47 Å². The molecule has 9 nitrogen and oxygen atoms in total. The number of ether oxygens (including phenoxy) is 2. The molecule has 2 aliphatic heterocycles. The molecule has 0 N–H and O–H groups in total. The molecule has 0 aliphatic carbocycles. The molecule has 6 rings (SSSR count). The van der Waals surface area contributed by atoms with Crippen LogP contribution in [0.5, 0.6) is 0 Å². The van der Waals surface area contributed by atoms with Crippen LogP contribution in [0.2, 0.25) is 0 Å². The van der Waals surface area contributed by atoms with E-state index in [0.717, 1.165) is 42.6 Å². The fraction of sp³-hybridized carbons (Fsp3) is 0.455. The Morgan fingerprint density at radius 2 is 2.03 bits per heavy atom. The Morgan fingerprint density at radius 1 is 1.19 bits per heavy atom. The maximum Gasteiger partial charge on any atom is 0.279 e. The third-order valence-electron chi connectivity index (χ3n) is 6.71. The van der Waals surface area contributed by atoms with Crippen LogP contribution in [0.3, 0.4) is 0 Å². The second-order valence-corrected chi connectivity index (χ2v) is 8.61. The lowest BCUT2D eigenvalue weighted by atomic mass is 10.00. The van der Waals surface area contributed by atoms with Gasteiger partial charge in [0.25, 0.3) is 5.56 Å². The number of fused-ring (bicyclic) bond motifs is 3. The van der Waals surface area contributed by atoms with Crippen molar-refractivity contribution in [2.45, 2.75) is 50.9 Å². The Balaban J connectivity index is 1.59. The van der Waals surface area contributed by atoms with Gasteiger partial charge in [-0.3, -0.25) is 13.8 Å². The minimum atomic E-state index is -0.447. The zero-order valence-electron chi connectivity index (χ0n) is 17.6. The van der Waals surface area contributed by atoms with Gasteiger partial charge in [0, 0.05) is 13.2 Å². The molecular formula is C22H24N6O3. The fourth-order valence-electron chi connectivity index (χ4n) is 4.96. The number of para-hydroxylation sites is 2. The van der Waals surface area contributed by atoms with Crippen molar-refractivity contribution < 1.29 is 9.47 Å². The minimum absolute atomic E-state index is 0.0257. The van der Waals surface area contributed by atoms with Crippen LogP contribution in [0.1, 0.15) is 44.8 Å². The first-order valence-electron chi connectivity index (χ1n) is 10.8. The monoisotopic (exact) mass is 420 g/mol. The van der Waals surface area contributed by atoms with Crippen LogP contribution in [-0.4, -0.2) is 48.3 Å². The normalized spacial score (nSPS) is 26.4. The lowest BCUT2D eigenvalue weighted by Gasteiger charge is -2.21. The second-order valence-electron chi connectivity index (χ2n) is 8.61. The molecule has 3 aromatic heterocycles. The summed E-state index contributed by atoms with van der Waals surface area (Å²) < 4.78 is 17.0. The lowest BCUT2D eigenvalue weighted by molar-refractivity contribution is 0.0131. The summed E-state index contributed by atoms with van der Waals surface area (Å²) in [6.45, 7) is 5.41. The van der Waals surface area contributed by atoms with Crippen molar-refractivity contribution in [3.63, 3.8) is 0 Å². The summed E-state index contributed by atoms with van der Waals surface area (Å²) in [6, 6.07) is 7.88. The smallest absolute Gasteiger partial charge is 0.279 e. The summed E-state index contributed by atoms with van der Waals surface area (Å²) in [5, 5.41) is 8.65. The number of benzene rings is 1. The van der Waals surface area contributed by atoms with E-state index in [1.54, 1.807) is 11.0 Å². The van der Waals surface area contributed by atoms with E-state index in [-0.39, 0.29) is 17.7 Å². The van der Waals surface area contributed by atoms with Crippen molar-refractivity contribution in [1.29, 1.82) is 0 Å². The first-order valence-corrected chi connectivity index (χ1v) is 10.8. The van der Waals surface area contributed by atoms with Crippen LogP contribution in [0, 0.1) is 0 Å². The van der Waals surface area contributed by atoms with E-state index in [1.165, 1.54) is 0 Å². The molecule has 2 saturated heterocycles. The van der Waals surface area contributed by atoms with Crippen molar-refractivity contribution in [1.82, 2.24) is 28.9 Å². The Bertz CT molecular complexity index is 1350. The van der Waals surface area contributed by atoms with Crippen molar-refractivity contribution in [3.05, 3.63) is 52.8 Å². The van der Waals surface area contributed by atoms with Gasteiger partial charge in [0.2, 0.25) is 0 Å². The van der Waals surface area contributed by atoms with E-state index in [2.05, 4.69) is 15.3 Å². The molecule has 9 heteroatoms. The Labute approximate surface area is 178 Å². The predicted molar refractivity (Wildman–Crippen MR) is 113 cm³/mol. The SMILES string of the molecule is CC1OCCC1n1c(=O)c2c(-n3cc(C4(C)CCCO4)nn3)ncn2c2ccccc21. The lowest BCUT2D eigenvalue weighted by Crippen LogP contribution is -2.30. The maximum absolute atomic E-state index is 13.8. The summed E-state index contributed by atoms with van der Waals surface area (Å²) in [7, 11) is 0. The summed E-state index contributed by atoms with van der Waals surface area (Å²) in [5.74, 6) is 0.469. The van der Waals surface area contributed by atoms with E-state index < -0.39 is 5.60 Å². The Morgan fingerprint density at radius 3 is 2.77 bits per heavy atom. The molecule has 0 bridgehead atoms. The molecule has 0 saturated carbocycles. The number of rotatable bonds is 3. The van der Waals surface area contributed by atoms with Gasteiger partial charge in [-0.2, -0.15) is 4.68 Å². The van der Waals surface area contributed by atoms with Gasteiger partial charge in [0.1, 0.15) is 17.6 Å². The molecule has 2 fully saturated rings. The highest BCUT2D eigenvalue weighted by atomic mass is 16.5. The Hall–Kier alpha value is -3.04. The summed E-state index contributed by atoms with van der Waals surface area (Å²) in [5.41, 5.74) is 2.47. The molecule has 3 atom stereocenters. The van der Waals surface area contributed by atoms with Gasteiger partial charge in [0.15, 0.2) is 11.3 Å². The van der Waals surface area contributed by atoms with Gasteiger partial charge in [-0.1, -0.05) is 17.3 Å². The van der Waals surface area contributed by atoms with E-state index in [1.807, 2.05) is 53.3 Å². The van der Waals surface area contributed by atoms with E-state index >= 15 is 0 Å². The predicted octanol–water partition coefficient (Wildman–Crippen LogP) is 2.61. The molecule has 5 heterocycles. The van der Waals surface area contributed by atoms with Crippen molar-refractivity contribution in [3.8, 4) is 5.82 Å². The zero-order chi connectivity index (χ0) is 21.2. The van der Waals surface area contributed by atoms with E-state index in [0.29, 0.717) is 17.9 Å². The van der Waals surface area contributed by atoms with Crippen LogP contribution in [-0.2, 0) is 15.1 Å². The first kappa shape index (κ1) is 18.7. The first-order chi connectivity index (χ1) is 15.1. The van der Waals surface area contributed by atoms with Crippen LogP contribution < -0.4 is 5.56 Å². The van der Waals surface area contributed by atoms with Crippen molar-refractivity contribution in [2.75, 3.05) is 13.2 Å². The van der Waals surface area contributed by atoms with Crippen LogP contribution in [0.25, 0.3) is 22.4 Å². The van der Waals surface area contributed by atoms with Gasteiger partial charge >= 0.3 is 0 Å². The number of aromatic nitrogens is 6. The summed E-state index contributed by atoms with van der Waals surface area (Å²) >= 11 is 0. The minimum Gasteiger partial charge on any atom is -0.376 e. The standard InChI is InChI=1S/C22H24N6O3/c1-14-15(8-11-30-14)28-17-7-4-3-6-16(17)26-13-23-20(19(26)21(28)29)27-12-18(24-25-27)22(2)9-5-10-31-22/h3-4,6-7,12-15H,5,8-11H2,1-2H3. The van der Waals surface area contributed by atoms with Gasteiger partial charge in [-0.15, -0.1) is 5.10 Å². The highest BCUT2D eigenvalue weighted by molar-refractivity contribution is 5.81. The third-order valence-corrected chi connectivity index (χ3v) is 6.71. The largest absolute Gasteiger partial charge is 0.376 e. The molecule has 3 unspecified atom stereocenters. The number of nitrogens with zero attached hydrogens (tertiary/aromatic N) is 6. The van der Waals surface area contributed by atoms with Gasteiger partial charge < -0.3 is 9.47 Å². The molecule has 31 heavy (non-hydrogen) atoms. The van der Waals surface area contributed by atoms with Gasteiger partial charge in [-0.05, 0) is 45.2 Å². The maximum atomic E-state index is 13.8. The molecule has 1 aromatic carbocycles. The second kappa shape index (κ2) is 6.73. The zero-order valence-corrected chi connectivity index (χ0v) is 17.6. The van der Waals surface area contributed by atoms with E-state index in [9.17, 15) is 4.79 Å². The van der Waals surface area contributed by atoms with Crippen LogP contribution in [0.4, 0.5) is 0 Å². The molecule has 2 aliphatic rings. The molecule has 160 valence electrons.